The third-order valence-electron chi connectivity index (χ3n) is 3.41. The Balaban J connectivity index is 1.72. The summed E-state index contributed by atoms with van der Waals surface area (Å²) in [6.07, 6.45) is 6.66. The zero-order valence-corrected chi connectivity index (χ0v) is 12.6. The standard InChI is InChI=1S/C15H16ClN3S/c1-2-19-10-11(9-18-19)8-17-14-5-6-20-15-4-3-12(16)7-13(14)15/h2-4,7,9-10,14,17H,1,5-6,8H2. The normalized spacial score (nSPS) is 17.8. The number of nitrogens with zero attached hydrogens (tertiary/aromatic N) is 2. The average Bonchev–Trinajstić information content (AvgIpc) is 2.93. The molecule has 3 nitrogen and oxygen atoms in total. The third-order valence-corrected chi connectivity index (χ3v) is 4.76. The number of hydrogen-bond donors (Lipinski definition) is 1. The lowest BCUT2D eigenvalue weighted by atomic mass is 10.0. The summed E-state index contributed by atoms with van der Waals surface area (Å²) < 4.78 is 1.72. The molecule has 0 fully saturated rings. The van der Waals surface area contributed by atoms with Crippen molar-refractivity contribution in [1.29, 1.82) is 0 Å². The fourth-order valence-corrected chi connectivity index (χ4v) is 3.67. The van der Waals surface area contributed by atoms with E-state index < -0.39 is 0 Å². The molecule has 2 aromatic rings. The summed E-state index contributed by atoms with van der Waals surface area (Å²) in [5.41, 5.74) is 2.47. The molecule has 2 heterocycles. The van der Waals surface area contributed by atoms with Gasteiger partial charge in [0, 0.05) is 40.5 Å². The van der Waals surface area contributed by atoms with Crippen LogP contribution in [-0.4, -0.2) is 15.5 Å². The quantitative estimate of drug-likeness (QED) is 0.927. The van der Waals surface area contributed by atoms with E-state index in [2.05, 4.69) is 29.1 Å². The van der Waals surface area contributed by atoms with Gasteiger partial charge in [-0.3, -0.25) is 0 Å². The van der Waals surface area contributed by atoms with Crippen LogP contribution in [0, 0.1) is 0 Å². The van der Waals surface area contributed by atoms with Gasteiger partial charge in [-0.1, -0.05) is 18.2 Å². The first-order valence-corrected chi connectivity index (χ1v) is 7.94. The molecule has 0 amide bonds. The number of aromatic nitrogens is 2. The van der Waals surface area contributed by atoms with Crippen molar-refractivity contribution in [3.63, 3.8) is 0 Å². The van der Waals surface area contributed by atoms with E-state index >= 15 is 0 Å². The van der Waals surface area contributed by atoms with Crippen LogP contribution in [-0.2, 0) is 6.54 Å². The number of nitrogens with one attached hydrogen (secondary N) is 1. The molecule has 1 aromatic carbocycles. The third kappa shape index (κ3) is 2.92. The Morgan fingerprint density at radius 1 is 1.55 bits per heavy atom. The number of rotatable bonds is 4. The van der Waals surface area contributed by atoms with Crippen LogP contribution in [0.5, 0.6) is 0 Å². The Bertz CT molecular complexity index is 623. The minimum Gasteiger partial charge on any atom is -0.306 e. The molecule has 1 N–H and O–H groups in total. The van der Waals surface area contributed by atoms with Gasteiger partial charge >= 0.3 is 0 Å². The predicted molar refractivity (Wildman–Crippen MR) is 85.0 cm³/mol. The highest BCUT2D eigenvalue weighted by Crippen LogP contribution is 2.37. The maximum atomic E-state index is 6.12. The van der Waals surface area contributed by atoms with Crippen molar-refractivity contribution >= 4 is 29.6 Å². The van der Waals surface area contributed by atoms with Gasteiger partial charge in [-0.25, -0.2) is 4.68 Å². The van der Waals surface area contributed by atoms with Crippen molar-refractivity contribution < 1.29 is 0 Å². The van der Waals surface area contributed by atoms with E-state index in [1.807, 2.05) is 30.2 Å². The molecule has 0 saturated carbocycles. The molecule has 0 bridgehead atoms. The van der Waals surface area contributed by atoms with Gasteiger partial charge in [0.25, 0.3) is 0 Å². The largest absolute Gasteiger partial charge is 0.306 e. The van der Waals surface area contributed by atoms with Gasteiger partial charge < -0.3 is 5.32 Å². The molecule has 0 aliphatic carbocycles. The second-order valence-electron chi connectivity index (χ2n) is 4.76. The van der Waals surface area contributed by atoms with Crippen LogP contribution in [0.3, 0.4) is 0 Å². The molecule has 20 heavy (non-hydrogen) atoms. The Morgan fingerprint density at radius 2 is 2.45 bits per heavy atom. The van der Waals surface area contributed by atoms with E-state index in [0.29, 0.717) is 6.04 Å². The van der Waals surface area contributed by atoms with E-state index in [1.165, 1.54) is 10.5 Å². The molecule has 3 rings (SSSR count). The number of halogens is 1. The summed E-state index contributed by atoms with van der Waals surface area (Å²) in [6.45, 7) is 4.50. The van der Waals surface area contributed by atoms with Crippen LogP contribution in [0.15, 0.2) is 42.1 Å². The Labute approximate surface area is 128 Å². The average molecular weight is 306 g/mol. The van der Waals surface area contributed by atoms with Gasteiger partial charge in [0.2, 0.25) is 0 Å². The Morgan fingerprint density at radius 3 is 3.25 bits per heavy atom. The summed E-state index contributed by atoms with van der Waals surface area (Å²) in [5, 5.41) is 8.59. The topological polar surface area (TPSA) is 29.9 Å². The van der Waals surface area contributed by atoms with Crippen molar-refractivity contribution in [2.75, 3.05) is 5.75 Å². The second-order valence-corrected chi connectivity index (χ2v) is 6.34. The van der Waals surface area contributed by atoms with Gasteiger partial charge in [0.1, 0.15) is 0 Å². The van der Waals surface area contributed by atoms with E-state index in [0.717, 1.165) is 29.3 Å². The van der Waals surface area contributed by atoms with E-state index in [-0.39, 0.29) is 0 Å². The monoisotopic (exact) mass is 305 g/mol. The molecule has 1 aromatic heterocycles. The maximum absolute atomic E-state index is 6.12. The molecule has 1 aliphatic heterocycles. The fourth-order valence-electron chi connectivity index (χ4n) is 2.39. The van der Waals surface area contributed by atoms with Crippen LogP contribution >= 0.6 is 23.4 Å². The van der Waals surface area contributed by atoms with Gasteiger partial charge in [0.15, 0.2) is 0 Å². The number of benzene rings is 1. The maximum Gasteiger partial charge on any atom is 0.0538 e. The van der Waals surface area contributed by atoms with E-state index in [9.17, 15) is 0 Å². The lowest BCUT2D eigenvalue weighted by molar-refractivity contribution is 0.510. The second kappa shape index (κ2) is 6.04. The van der Waals surface area contributed by atoms with Gasteiger partial charge in [-0.15, -0.1) is 11.8 Å². The highest BCUT2D eigenvalue weighted by atomic mass is 35.5. The van der Waals surface area contributed by atoms with E-state index in [4.69, 9.17) is 11.6 Å². The molecule has 1 atom stereocenters. The summed E-state index contributed by atoms with van der Waals surface area (Å²) in [4.78, 5) is 1.33. The number of hydrogen-bond acceptors (Lipinski definition) is 3. The lowest BCUT2D eigenvalue weighted by Gasteiger charge is -2.26. The molecule has 1 unspecified atom stereocenters. The number of thioether (sulfide) groups is 1. The molecular formula is C15H16ClN3S. The van der Waals surface area contributed by atoms with E-state index in [1.54, 1.807) is 10.9 Å². The zero-order chi connectivity index (χ0) is 13.9. The number of fused-ring (bicyclic) bond motifs is 1. The van der Waals surface area contributed by atoms with Crippen molar-refractivity contribution in [3.05, 3.63) is 53.3 Å². The highest BCUT2D eigenvalue weighted by molar-refractivity contribution is 7.99. The summed E-state index contributed by atoms with van der Waals surface area (Å²) in [5.74, 6) is 1.14. The lowest BCUT2D eigenvalue weighted by Crippen LogP contribution is -2.24. The van der Waals surface area contributed by atoms with Crippen molar-refractivity contribution in [3.8, 4) is 0 Å². The van der Waals surface area contributed by atoms with Crippen molar-refractivity contribution in [1.82, 2.24) is 15.1 Å². The molecule has 1 aliphatic rings. The highest BCUT2D eigenvalue weighted by Gasteiger charge is 2.20. The summed E-state index contributed by atoms with van der Waals surface area (Å²) >= 11 is 8.02. The van der Waals surface area contributed by atoms with Crippen LogP contribution < -0.4 is 5.32 Å². The zero-order valence-electron chi connectivity index (χ0n) is 11.1. The van der Waals surface area contributed by atoms with Crippen molar-refractivity contribution in [2.45, 2.75) is 23.9 Å². The molecule has 0 radical (unpaired) electrons. The Kier molecular flexibility index (Phi) is 4.15. The Hall–Kier alpha value is -1.23. The molecule has 0 spiro atoms. The van der Waals surface area contributed by atoms with Gasteiger partial charge in [-0.05, 0) is 35.9 Å². The SMILES string of the molecule is C=Cn1cc(CNC2CCSc3ccc(Cl)cc32)cn1. The first-order valence-electron chi connectivity index (χ1n) is 6.57. The molecule has 5 heteroatoms. The minimum absolute atomic E-state index is 0.358. The van der Waals surface area contributed by atoms with Crippen LogP contribution in [0.4, 0.5) is 0 Å². The predicted octanol–water partition coefficient (Wildman–Crippen LogP) is 3.96. The molecular weight excluding hydrogens is 290 g/mol. The minimum atomic E-state index is 0.358. The van der Waals surface area contributed by atoms with Crippen LogP contribution in [0.25, 0.3) is 6.20 Å². The molecule has 104 valence electrons. The van der Waals surface area contributed by atoms with Crippen molar-refractivity contribution in [2.24, 2.45) is 0 Å². The summed E-state index contributed by atoms with van der Waals surface area (Å²) in [6, 6.07) is 6.51. The van der Waals surface area contributed by atoms with Crippen LogP contribution in [0.1, 0.15) is 23.6 Å². The summed E-state index contributed by atoms with van der Waals surface area (Å²) in [7, 11) is 0. The smallest absolute Gasteiger partial charge is 0.0538 e. The van der Waals surface area contributed by atoms with Gasteiger partial charge in [-0.2, -0.15) is 5.10 Å². The first kappa shape index (κ1) is 13.7. The van der Waals surface area contributed by atoms with Crippen LogP contribution in [0.2, 0.25) is 5.02 Å². The first-order chi connectivity index (χ1) is 9.76. The molecule has 0 saturated heterocycles. The fraction of sp³-hybridized carbons (Fsp3) is 0.267. The van der Waals surface area contributed by atoms with Gasteiger partial charge in [0.05, 0.1) is 6.20 Å².